The van der Waals surface area contributed by atoms with Crippen LogP contribution in [0.1, 0.15) is 10.4 Å². The molecule has 2 heterocycles. The Hall–Kier alpha value is -2.90. The van der Waals surface area contributed by atoms with Gasteiger partial charge in [-0.2, -0.15) is 5.10 Å². The molecule has 8 heteroatoms. The van der Waals surface area contributed by atoms with E-state index in [-0.39, 0.29) is 19.0 Å². The minimum absolute atomic E-state index is 0.0894. The smallest absolute Gasteiger partial charge is 0.328 e. The van der Waals surface area contributed by atoms with Gasteiger partial charge in [0.15, 0.2) is 0 Å². The summed E-state index contributed by atoms with van der Waals surface area (Å²) in [4.78, 5) is 36.2. The number of hydrogen-bond acceptors (Lipinski definition) is 4. The van der Waals surface area contributed by atoms with Crippen LogP contribution in [0.15, 0.2) is 24.4 Å². The lowest BCUT2D eigenvalue weighted by atomic mass is 10.1. The highest BCUT2D eigenvalue weighted by Crippen LogP contribution is 2.16. The van der Waals surface area contributed by atoms with Gasteiger partial charge >= 0.3 is 5.97 Å². The monoisotopic (exact) mass is 288 g/mol. The number of nitrogens with one attached hydrogen (secondary N) is 2. The first-order valence-electron chi connectivity index (χ1n) is 6.30. The fourth-order valence-corrected chi connectivity index (χ4v) is 2.32. The van der Waals surface area contributed by atoms with Crippen LogP contribution in [-0.4, -0.2) is 57.1 Å². The van der Waals surface area contributed by atoms with Crippen LogP contribution < -0.4 is 5.32 Å². The molecule has 2 aromatic rings. The summed E-state index contributed by atoms with van der Waals surface area (Å²) in [5.41, 5.74) is 1.10. The predicted octanol–water partition coefficient (Wildman–Crippen LogP) is -0.412. The molecule has 0 saturated carbocycles. The summed E-state index contributed by atoms with van der Waals surface area (Å²) < 4.78 is 0. The quantitative estimate of drug-likeness (QED) is 0.694. The fraction of sp³-hybridized carbons (Fsp3) is 0.231. The summed E-state index contributed by atoms with van der Waals surface area (Å²) in [5.74, 6) is -2.00. The van der Waals surface area contributed by atoms with Crippen LogP contribution in [0.25, 0.3) is 10.9 Å². The molecule has 1 aliphatic rings. The molecule has 0 bridgehead atoms. The predicted molar refractivity (Wildman–Crippen MR) is 71.6 cm³/mol. The lowest BCUT2D eigenvalue weighted by Gasteiger charge is -2.32. The van der Waals surface area contributed by atoms with E-state index in [9.17, 15) is 14.4 Å². The van der Waals surface area contributed by atoms with Gasteiger partial charge in [0.2, 0.25) is 5.91 Å². The molecule has 2 amide bonds. The average Bonchev–Trinajstić information content (AvgIpc) is 2.93. The first-order chi connectivity index (χ1) is 10.1. The van der Waals surface area contributed by atoms with Gasteiger partial charge in [0, 0.05) is 17.5 Å². The van der Waals surface area contributed by atoms with E-state index in [4.69, 9.17) is 5.11 Å². The molecule has 1 atom stereocenters. The molecule has 0 spiro atoms. The van der Waals surface area contributed by atoms with Crippen molar-refractivity contribution in [1.82, 2.24) is 20.4 Å². The van der Waals surface area contributed by atoms with Crippen LogP contribution in [-0.2, 0) is 9.59 Å². The number of aliphatic carboxylic acids is 1. The molecule has 0 aliphatic carbocycles. The van der Waals surface area contributed by atoms with Crippen LogP contribution in [0.5, 0.6) is 0 Å². The number of carbonyl (C=O) groups excluding carboxylic acids is 2. The maximum atomic E-state index is 12.5. The van der Waals surface area contributed by atoms with Gasteiger partial charge in [0.25, 0.3) is 5.91 Å². The molecular formula is C13H12N4O4. The summed E-state index contributed by atoms with van der Waals surface area (Å²) in [6.45, 7) is -0.354. The second-order valence-corrected chi connectivity index (χ2v) is 4.76. The number of hydrogen-bond donors (Lipinski definition) is 3. The zero-order valence-corrected chi connectivity index (χ0v) is 10.9. The van der Waals surface area contributed by atoms with Crippen molar-refractivity contribution in [2.24, 2.45) is 0 Å². The topological polar surface area (TPSA) is 115 Å². The summed E-state index contributed by atoms with van der Waals surface area (Å²) in [7, 11) is 0. The van der Waals surface area contributed by atoms with Crippen molar-refractivity contribution in [2.75, 3.05) is 13.1 Å². The Bertz CT molecular complexity index is 739. The van der Waals surface area contributed by atoms with Gasteiger partial charge in [-0.3, -0.25) is 14.7 Å². The van der Waals surface area contributed by atoms with E-state index in [0.29, 0.717) is 5.56 Å². The lowest BCUT2D eigenvalue weighted by molar-refractivity contribution is -0.144. The molecule has 3 rings (SSSR count). The normalized spacial score (nSPS) is 18.6. The van der Waals surface area contributed by atoms with Gasteiger partial charge in [0.05, 0.1) is 11.7 Å². The van der Waals surface area contributed by atoms with Crippen molar-refractivity contribution in [2.45, 2.75) is 6.04 Å². The number of benzene rings is 1. The van der Waals surface area contributed by atoms with E-state index in [1.807, 2.05) is 0 Å². The number of amides is 2. The minimum atomic E-state index is -1.15. The Balaban J connectivity index is 1.94. The molecule has 1 aromatic heterocycles. The lowest BCUT2D eigenvalue weighted by Crippen LogP contribution is -2.59. The van der Waals surface area contributed by atoms with Crippen LogP contribution in [0.4, 0.5) is 0 Å². The highest BCUT2D eigenvalue weighted by Gasteiger charge is 2.35. The SMILES string of the molecule is O=C1CN(C(=O)c2ccc3[nH]ncc3c2)C(C(=O)O)CN1. The summed E-state index contributed by atoms with van der Waals surface area (Å²) in [6, 6.07) is 3.83. The Morgan fingerprint density at radius 3 is 2.95 bits per heavy atom. The molecule has 0 radical (unpaired) electrons. The van der Waals surface area contributed by atoms with Crippen molar-refractivity contribution < 1.29 is 19.5 Å². The Labute approximate surface area is 118 Å². The summed E-state index contributed by atoms with van der Waals surface area (Å²) in [5, 5.41) is 19.0. The van der Waals surface area contributed by atoms with Gasteiger partial charge in [-0.25, -0.2) is 4.79 Å². The number of aromatic nitrogens is 2. The maximum Gasteiger partial charge on any atom is 0.328 e. The zero-order chi connectivity index (χ0) is 15.0. The van der Waals surface area contributed by atoms with E-state index in [0.717, 1.165) is 15.8 Å². The van der Waals surface area contributed by atoms with E-state index >= 15 is 0 Å². The first kappa shape index (κ1) is 13.1. The van der Waals surface area contributed by atoms with Crippen LogP contribution in [0, 0.1) is 0 Å². The Kier molecular flexibility index (Phi) is 3.05. The minimum Gasteiger partial charge on any atom is -0.480 e. The third kappa shape index (κ3) is 2.31. The van der Waals surface area contributed by atoms with Crippen LogP contribution in [0.3, 0.4) is 0 Å². The number of aromatic amines is 1. The van der Waals surface area contributed by atoms with E-state index in [2.05, 4.69) is 15.5 Å². The number of fused-ring (bicyclic) bond motifs is 1. The van der Waals surface area contributed by atoms with E-state index in [1.165, 1.54) is 0 Å². The van der Waals surface area contributed by atoms with E-state index in [1.54, 1.807) is 24.4 Å². The number of piperazine rings is 1. The highest BCUT2D eigenvalue weighted by molar-refractivity contribution is 6.02. The second kappa shape index (κ2) is 4.89. The van der Waals surface area contributed by atoms with Gasteiger partial charge in [-0.05, 0) is 18.2 Å². The average molecular weight is 288 g/mol. The van der Waals surface area contributed by atoms with Gasteiger partial charge < -0.3 is 15.3 Å². The number of carboxylic acid groups (broad SMARTS) is 1. The Morgan fingerprint density at radius 1 is 1.38 bits per heavy atom. The number of H-pyrrole nitrogens is 1. The van der Waals surface area contributed by atoms with Crippen molar-refractivity contribution in [3.8, 4) is 0 Å². The van der Waals surface area contributed by atoms with Crippen LogP contribution >= 0.6 is 0 Å². The number of carbonyl (C=O) groups is 3. The van der Waals surface area contributed by atoms with Crippen molar-refractivity contribution in [1.29, 1.82) is 0 Å². The zero-order valence-electron chi connectivity index (χ0n) is 10.9. The fourth-order valence-electron chi connectivity index (χ4n) is 2.32. The molecule has 1 fully saturated rings. The third-order valence-corrected chi connectivity index (χ3v) is 3.42. The first-order valence-corrected chi connectivity index (χ1v) is 6.30. The number of carboxylic acids is 1. The number of rotatable bonds is 2. The van der Waals surface area contributed by atoms with Gasteiger partial charge in [-0.1, -0.05) is 0 Å². The molecule has 1 aliphatic heterocycles. The van der Waals surface area contributed by atoms with Crippen LogP contribution in [0.2, 0.25) is 0 Å². The molecule has 21 heavy (non-hydrogen) atoms. The molecule has 3 N–H and O–H groups in total. The van der Waals surface area contributed by atoms with E-state index < -0.39 is 17.9 Å². The molecule has 1 saturated heterocycles. The largest absolute Gasteiger partial charge is 0.480 e. The second-order valence-electron chi connectivity index (χ2n) is 4.76. The van der Waals surface area contributed by atoms with Crippen molar-refractivity contribution in [3.63, 3.8) is 0 Å². The summed E-state index contributed by atoms with van der Waals surface area (Å²) in [6.07, 6.45) is 1.57. The Morgan fingerprint density at radius 2 is 2.19 bits per heavy atom. The molecular weight excluding hydrogens is 276 g/mol. The highest BCUT2D eigenvalue weighted by atomic mass is 16.4. The summed E-state index contributed by atoms with van der Waals surface area (Å²) >= 11 is 0. The number of nitrogens with zero attached hydrogens (tertiary/aromatic N) is 2. The molecule has 1 aromatic carbocycles. The van der Waals surface area contributed by atoms with Gasteiger partial charge in [0.1, 0.15) is 12.6 Å². The maximum absolute atomic E-state index is 12.5. The standard InChI is InChI=1S/C13H12N4O4/c18-11-6-17(10(5-14-11)13(20)21)12(19)7-1-2-9-8(3-7)4-15-16-9/h1-4,10H,5-6H2,(H,14,18)(H,15,16)(H,20,21). The molecule has 108 valence electrons. The third-order valence-electron chi connectivity index (χ3n) is 3.42. The van der Waals surface area contributed by atoms with Crippen molar-refractivity contribution >= 4 is 28.7 Å². The van der Waals surface area contributed by atoms with Crippen molar-refractivity contribution in [3.05, 3.63) is 30.0 Å². The van der Waals surface area contributed by atoms with Gasteiger partial charge in [-0.15, -0.1) is 0 Å². The molecule has 8 nitrogen and oxygen atoms in total. The molecule has 1 unspecified atom stereocenters.